The van der Waals surface area contributed by atoms with Crippen molar-refractivity contribution in [3.8, 4) is 0 Å². The molecule has 1 saturated carbocycles. The highest BCUT2D eigenvalue weighted by Gasteiger charge is 2.33. The van der Waals surface area contributed by atoms with Crippen LogP contribution < -0.4 is 10.6 Å². The average molecular weight is 281 g/mol. The van der Waals surface area contributed by atoms with Crippen LogP contribution in [-0.4, -0.2) is 23.2 Å². The lowest BCUT2D eigenvalue weighted by molar-refractivity contribution is -0.118. The van der Waals surface area contributed by atoms with E-state index in [9.17, 15) is 9.90 Å². The number of halogens is 1. The Kier molecular flexibility index (Phi) is 3.48. The molecule has 1 unspecified atom stereocenters. The van der Waals surface area contributed by atoms with Gasteiger partial charge in [0.2, 0.25) is 5.91 Å². The summed E-state index contributed by atoms with van der Waals surface area (Å²) in [6.45, 7) is 0. The molecule has 102 valence electrons. The van der Waals surface area contributed by atoms with Crippen molar-refractivity contribution in [1.29, 1.82) is 0 Å². The number of carbonyl (C=O) groups is 1. The number of fused-ring (bicyclic) bond motifs is 1. The molecule has 1 amide bonds. The van der Waals surface area contributed by atoms with E-state index in [-0.39, 0.29) is 24.1 Å². The van der Waals surface area contributed by atoms with Crippen LogP contribution in [0.3, 0.4) is 0 Å². The number of aliphatic hydroxyl groups is 1. The topological polar surface area (TPSA) is 61.4 Å². The van der Waals surface area contributed by atoms with Gasteiger partial charge in [-0.15, -0.1) is 0 Å². The Bertz CT molecular complexity index is 498. The van der Waals surface area contributed by atoms with Crippen LogP contribution in [0.1, 0.15) is 37.3 Å². The molecule has 4 nitrogen and oxygen atoms in total. The Labute approximate surface area is 117 Å². The molecule has 5 heteroatoms. The van der Waals surface area contributed by atoms with Gasteiger partial charge in [-0.2, -0.15) is 0 Å². The first-order chi connectivity index (χ1) is 9.13. The molecule has 1 fully saturated rings. The average Bonchev–Trinajstić information content (AvgIpc) is 2.69. The van der Waals surface area contributed by atoms with Crippen molar-refractivity contribution in [2.75, 3.05) is 5.32 Å². The van der Waals surface area contributed by atoms with Crippen LogP contribution in [0.5, 0.6) is 0 Å². The van der Waals surface area contributed by atoms with E-state index in [0.717, 1.165) is 36.9 Å². The van der Waals surface area contributed by atoms with Gasteiger partial charge in [0.25, 0.3) is 0 Å². The largest absolute Gasteiger partial charge is 0.393 e. The number of hydrogen-bond acceptors (Lipinski definition) is 3. The molecule has 3 N–H and O–H groups in total. The Hall–Kier alpha value is -1.10. The lowest BCUT2D eigenvalue weighted by Gasteiger charge is -2.28. The summed E-state index contributed by atoms with van der Waals surface area (Å²) in [5.74, 6) is -0.0246. The summed E-state index contributed by atoms with van der Waals surface area (Å²) >= 11 is 6.00. The Morgan fingerprint density at radius 1 is 1.26 bits per heavy atom. The van der Waals surface area contributed by atoms with Gasteiger partial charge in [0.1, 0.15) is 6.04 Å². The summed E-state index contributed by atoms with van der Waals surface area (Å²) in [4.78, 5) is 12.0. The number of aliphatic hydroxyl groups excluding tert-OH is 1. The Morgan fingerprint density at radius 3 is 2.74 bits per heavy atom. The molecule has 0 aromatic heterocycles. The van der Waals surface area contributed by atoms with E-state index in [1.54, 1.807) is 6.07 Å². The third-order valence-corrected chi connectivity index (χ3v) is 4.18. The predicted molar refractivity (Wildman–Crippen MR) is 74.2 cm³/mol. The van der Waals surface area contributed by atoms with Gasteiger partial charge in [0.05, 0.1) is 6.10 Å². The summed E-state index contributed by atoms with van der Waals surface area (Å²) in [7, 11) is 0. The fourth-order valence-electron chi connectivity index (χ4n) is 2.88. The van der Waals surface area contributed by atoms with Crippen molar-refractivity contribution >= 4 is 23.2 Å². The maximum absolute atomic E-state index is 12.0. The molecule has 2 aliphatic rings. The fourth-order valence-corrected chi connectivity index (χ4v) is 3.06. The van der Waals surface area contributed by atoms with Gasteiger partial charge in [-0.05, 0) is 43.9 Å². The van der Waals surface area contributed by atoms with Crippen LogP contribution in [-0.2, 0) is 4.79 Å². The highest BCUT2D eigenvalue weighted by atomic mass is 35.5. The van der Waals surface area contributed by atoms with E-state index in [2.05, 4.69) is 10.6 Å². The van der Waals surface area contributed by atoms with E-state index in [1.807, 2.05) is 12.1 Å². The molecule has 1 aromatic carbocycles. The van der Waals surface area contributed by atoms with Gasteiger partial charge < -0.3 is 10.4 Å². The van der Waals surface area contributed by atoms with Crippen molar-refractivity contribution in [3.05, 3.63) is 28.8 Å². The normalized spacial score (nSPS) is 30.0. The van der Waals surface area contributed by atoms with E-state index in [1.165, 1.54) is 0 Å². The lowest BCUT2D eigenvalue weighted by Crippen LogP contribution is -2.39. The number of hydrogen-bond donors (Lipinski definition) is 3. The molecule has 0 bridgehead atoms. The van der Waals surface area contributed by atoms with Gasteiger partial charge in [-0.25, -0.2) is 0 Å². The zero-order valence-corrected chi connectivity index (χ0v) is 11.3. The van der Waals surface area contributed by atoms with E-state index in [0.29, 0.717) is 5.02 Å². The molecule has 1 aliphatic heterocycles. The molecule has 0 radical (unpaired) electrons. The summed E-state index contributed by atoms with van der Waals surface area (Å²) in [5.41, 5.74) is 1.76. The second kappa shape index (κ2) is 5.12. The van der Waals surface area contributed by atoms with E-state index >= 15 is 0 Å². The number of anilines is 1. The van der Waals surface area contributed by atoms with Crippen LogP contribution in [0.25, 0.3) is 0 Å². The fraction of sp³-hybridized carbons (Fsp3) is 0.500. The number of nitrogens with one attached hydrogen (secondary N) is 2. The standard InChI is InChI=1S/C14H17ClN2O2/c15-8-1-6-12-11(7-8)13(14(19)17-12)16-9-2-4-10(18)5-3-9/h1,6-7,9-10,13,16,18H,2-5H2,(H,17,19). The highest BCUT2D eigenvalue weighted by Crippen LogP contribution is 2.34. The zero-order chi connectivity index (χ0) is 13.4. The second-order valence-electron chi connectivity index (χ2n) is 5.33. The lowest BCUT2D eigenvalue weighted by atomic mass is 9.92. The van der Waals surface area contributed by atoms with Gasteiger partial charge in [-0.1, -0.05) is 11.6 Å². The third kappa shape index (κ3) is 2.61. The maximum Gasteiger partial charge on any atom is 0.246 e. The predicted octanol–water partition coefficient (Wildman–Crippen LogP) is 2.23. The van der Waals surface area contributed by atoms with Crippen molar-refractivity contribution < 1.29 is 9.90 Å². The zero-order valence-electron chi connectivity index (χ0n) is 10.5. The van der Waals surface area contributed by atoms with Crippen LogP contribution in [0.4, 0.5) is 5.69 Å². The first-order valence-corrected chi connectivity index (χ1v) is 7.05. The van der Waals surface area contributed by atoms with Crippen LogP contribution >= 0.6 is 11.6 Å². The highest BCUT2D eigenvalue weighted by molar-refractivity contribution is 6.31. The summed E-state index contributed by atoms with van der Waals surface area (Å²) in [5, 5.41) is 16.4. The van der Waals surface area contributed by atoms with Crippen molar-refractivity contribution in [3.63, 3.8) is 0 Å². The molecule has 1 heterocycles. The molecule has 1 aliphatic carbocycles. The maximum atomic E-state index is 12.0. The van der Waals surface area contributed by atoms with Crippen molar-refractivity contribution in [2.45, 2.75) is 43.9 Å². The molecule has 0 saturated heterocycles. The minimum absolute atomic E-state index is 0.0246. The van der Waals surface area contributed by atoms with Gasteiger partial charge >= 0.3 is 0 Å². The molecule has 1 aromatic rings. The minimum atomic E-state index is -0.325. The molecule has 0 spiro atoms. The first-order valence-electron chi connectivity index (χ1n) is 6.68. The Balaban J connectivity index is 1.75. The van der Waals surface area contributed by atoms with Gasteiger partial charge in [-0.3, -0.25) is 10.1 Å². The second-order valence-corrected chi connectivity index (χ2v) is 5.76. The quantitative estimate of drug-likeness (QED) is 0.778. The van der Waals surface area contributed by atoms with Crippen LogP contribution in [0.2, 0.25) is 5.02 Å². The smallest absolute Gasteiger partial charge is 0.246 e. The summed E-state index contributed by atoms with van der Waals surface area (Å²) < 4.78 is 0. The first kappa shape index (κ1) is 12.9. The van der Waals surface area contributed by atoms with Crippen molar-refractivity contribution in [1.82, 2.24) is 5.32 Å². The number of benzene rings is 1. The number of carbonyl (C=O) groups excluding carboxylic acids is 1. The summed E-state index contributed by atoms with van der Waals surface area (Å²) in [6, 6.07) is 5.41. The van der Waals surface area contributed by atoms with E-state index in [4.69, 9.17) is 11.6 Å². The molecule has 3 rings (SSSR count). The molecular weight excluding hydrogens is 264 g/mol. The molecule has 1 atom stereocenters. The third-order valence-electron chi connectivity index (χ3n) is 3.94. The van der Waals surface area contributed by atoms with E-state index < -0.39 is 0 Å². The minimum Gasteiger partial charge on any atom is -0.393 e. The van der Waals surface area contributed by atoms with Crippen LogP contribution in [0.15, 0.2) is 18.2 Å². The number of rotatable bonds is 2. The Morgan fingerprint density at radius 2 is 2.00 bits per heavy atom. The number of amides is 1. The molecular formula is C14H17ClN2O2. The molecule has 19 heavy (non-hydrogen) atoms. The van der Waals surface area contributed by atoms with Gasteiger partial charge in [0, 0.05) is 22.3 Å². The summed E-state index contributed by atoms with van der Waals surface area (Å²) in [6.07, 6.45) is 3.22. The van der Waals surface area contributed by atoms with Crippen LogP contribution in [0, 0.1) is 0 Å². The van der Waals surface area contributed by atoms with Gasteiger partial charge in [0.15, 0.2) is 0 Å². The van der Waals surface area contributed by atoms with Crippen molar-refractivity contribution in [2.24, 2.45) is 0 Å². The SMILES string of the molecule is O=C1Nc2ccc(Cl)cc2C1NC1CCC(O)CC1. The monoisotopic (exact) mass is 280 g/mol.